The standard InChI is InChI=1S/C9H11F5S/c1-6-4-5-7(2)9(8(6)3)15(10,11,12,13)14/h4-5H,1-3H3. The fourth-order valence-electron chi connectivity index (χ4n) is 1.52. The third-order valence-electron chi connectivity index (χ3n) is 2.26. The first-order chi connectivity index (χ1) is 6.33. The van der Waals surface area contributed by atoms with E-state index in [0.717, 1.165) is 19.9 Å². The molecular formula is C9H11F5S. The molecule has 0 fully saturated rings. The first-order valence-corrected chi connectivity index (χ1v) is 6.09. The van der Waals surface area contributed by atoms with Crippen molar-refractivity contribution >= 4 is 10.2 Å². The Morgan fingerprint density at radius 3 is 1.53 bits per heavy atom. The molecule has 0 amide bonds. The summed E-state index contributed by atoms with van der Waals surface area (Å²) in [6.45, 7) is 3.48. The molecule has 0 aliphatic heterocycles. The Morgan fingerprint density at radius 2 is 1.20 bits per heavy atom. The molecule has 88 valence electrons. The Kier molecular flexibility index (Phi) is 2.03. The molecule has 0 unspecified atom stereocenters. The van der Waals surface area contributed by atoms with Crippen molar-refractivity contribution in [3.63, 3.8) is 0 Å². The van der Waals surface area contributed by atoms with Gasteiger partial charge in [0.05, 0.1) is 0 Å². The molecule has 0 bridgehead atoms. The largest absolute Gasteiger partial charge is 0.310 e. The van der Waals surface area contributed by atoms with E-state index in [4.69, 9.17) is 0 Å². The molecule has 0 aliphatic rings. The van der Waals surface area contributed by atoms with Crippen LogP contribution in [0.2, 0.25) is 0 Å². The molecule has 0 N–H and O–H groups in total. The van der Waals surface area contributed by atoms with E-state index >= 15 is 0 Å². The van der Waals surface area contributed by atoms with Crippen LogP contribution in [0, 0.1) is 20.8 Å². The van der Waals surface area contributed by atoms with Gasteiger partial charge in [-0.1, -0.05) is 31.6 Å². The van der Waals surface area contributed by atoms with Crippen LogP contribution in [0.25, 0.3) is 0 Å². The van der Waals surface area contributed by atoms with Crippen molar-refractivity contribution in [2.45, 2.75) is 25.7 Å². The predicted octanol–water partition coefficient (Wildman–Crippen LogP) is 5.27. The Bertz CT molecular complexity index is 417. The summed E-state index contributed by atoms with van der Waals surface area (Å²) >= 11 is 0. The highest BCUT2D eigenvalue weighted by Crippen LogP contribution is 3.02. The molecule has 0 heterocycles. The van der Waals surface area contributed by atoms with E-state index in [2.05, 4.69) is 0 Å². The van der Waals surface area contributed by atoms with Gasteiger partial charge < -0.3 is 0 Å². The van der Waals surface area contributed by atoms with Crippen LogP contribution in [0.3, 0.4) is 0 Å². The molecule has 0 aromatic heterocycles. The molecule has 1 rings (SSSR count). The Balaban J connectivity index is 3.75. The zero-order chi connectivity index (χ0) is 12.1. The van der Waals surface area contributed by atoms with Gasteiger partial charge in [-0.05, 0) is 37.5 Å². The molecular weight excluding hydrogens is 235 g/mol. The van der Waals surface area contributed by atoms with Crippen molar-refractivity contribution in [2.24, 2.45) is 0 Å². The fourth-order valence-corrected chi connectivity index (χ4v) is 2.94. The van der Waals surface area contributed by atoms with Gasteiger partial charge in [0, 0.05) is 0 Å². The van der Waals surface area contributed by atoms with Crippen LogP contribution in [0.1, 0.15) is 16.7 Å². The summed E-state index contributed by atoms with van der Waals surface area (Å²) in [5.41, 5.74) is -0.615. The maximum absolute atomic E-state index is 12.6. The maximum Gasteiger partial charge on any atom is 0.310 e. The number of halogens is 5. The molecule has 1 aromatic rings. The first kappa shape index (κ1) is 12.3. The number of hydrogen-bond acceptors (Lipinski definition) is 0. The van der Waals surface area contributed by atoms with E-state index in [0.29, 0.717) is 0 Å². The third-order valence-corrected chi connectivity index (χ3v) is 3.66. The normalized spacial score (nSPS) is 17.1. The van der Waals surface area contributed by atoms with Gasteiger partial charge in [-0.15, -0.1) is 0 Å². The van der Waals surface area contributed by atoms with Gasteiger partial charge >= 0.3 is 10.2 Å². The topological polar surface area (TPSA) is 0 Å². The van der Waals surface area contributed by atoms with E-state index in [1.807, 2.05) is 0 Å². The van der Waals surface area contributed by atoms with Gasteiger partial charge in [-0.2, -0.15) is 0 Å². The second kappa shape index (κ2) is 2.48. The lowest BCUT2D eigenvalue weighted by molar-refractivity contribution is 0.362. The van der Waals surface area contributed by atoms with E-state index < -0.39 is 26.2 Å². The van der Waals surface area contributed by atoms with Crippen LogP contribution in [-0.2, 0) is 0 Å². The molecule has 0 atom stereocenters. The minimum absolute atomic E-state index is 0.212. The van der Waals surface area contributed by atoms with Crippen molar-refractivity contribution in [3.05, 3.63) is 28.8 Å². The quantitative estimate of drug-likeness (QED) is 0.592. The average molecular weight is 246 g/mol. The molecule has 0 saturated heterocycles. The fraction of sp³-hybridized carbons (Fsp3) is 0.333. The second-order valence-corrected chi connectivity index (χ2v) is 5.97. The molecule has 0 aliphatic carbocycles. The number of hydrogen-bond donors (Lipinski definition) is 0. The average Bonchev–Trinajstić information content (AvgIpc) is 1.91. The smallest absolute Gasteiger partial charge is 0.0936 e. The van der Waals surface area contributed by atoms with Crippen LogP contribution in [0.4, 0.5) is 19.4 Å². The zero-order valence-corrected chi connectivity index (χ0v) is 9.27. The summed E-state index contributed by atoms with van der Waals surface area (Å²) < 4.78 is 63.2. The summed E-state index contributed by atoms with van der Waals surface area (Å²) in [6.07, 6.45) is 0. The summed E-state index contributed by atoms with van der Waals surface area (Å²) in [5, 5.41) is 0. The van der Waals surface area contributed by atoms with E-state index in [9.17, 15) is 19.4 Å². The molecule has 0 nitrogen and oxygen atoms in total. The summed E-state index contributed by atoms with van der Waals surface area (Å²) in [5.74, 6) is 0. The Labute approximate surface area is 84.8 Å². The summed E-state index contributed by atoms with van der Waals surface area (Å²) in [4.78, 5) is -1.74. The van der Waals surface area contributed by atoms with Gasteiger partial charge in [0.1, 0.15) is 4.90 Å². The van der Waals surface area contributed by atoms with Crippen molar-refractivity contribution in [2.75, 3.05) is 0 Å². The number of aryl methyl sites for hydroxylation is 2. The summed E-state index contributed by atoms with van der Waals surface area (Å²) in [6, 6.07) is 2.47. The molecule has 0 radical (unpaired) electrons. The lowest BCUT2D eigenvalue weighted by Crippen LogP contribution is -2.11. The van der Waals surface area contributed by atoms with Crippen molar-refractivity contribution in [1.29, 1.82) is 0 Å². The highest BCUT2D eigenvalue weighted by atomic mass is 32.5. The van der Waals surface area contributed by atoms with Crippen molar-refractivity contribution in [1.82, 2.24) is 0 Å². The van der Waals surface area contributed by atoms with E-state index in [1.54, 1.807) is 0 Å². The molecule has 6 heteroatoms. The highest BCUT2D eigenvalue weighted by molar-refractivity contribution is 8.45. The number of rotatable bonds is 1. The maximum atomic E-state index is 12.6. The van der Waals surface area contributed by atoms with Gasteiger partial charge in [0.2, 0.25) is 0 Å². The van der Waals surface area contributed by atoms with E-state index in [-0.39, 0.29) is 5.56 Å². The minimum atomic E-state index is -9.56. The van der Waals surface area contributed by atoms with Crippen molar-refractivity contribution in [3.8, 4) is 0 Å². The SMILES string of the molecule is Cc1ccc(C)c(S(F)(F)(F)(F)F)c1C. The van der Waals surface area contributed by atoms with Crippen LogP contribution >= 0.6 is 10.2 Å². The third kappa shape index (κ3) is 2.42. The predicted molar refractivity (Wildman–Crippen MR) is 52.1 cm³/mol. The minimum Gasteiger partial charge on any atom is -0.0936 e. The van der Waals surface area contributed by atoms with Crippen LogP contribution in [0.15, 0.2) is 17.0 Å². The van der Waals surface area contributed by atoms with Gasteiger partial charge in [0.25, 0.3) is 0 Å². The van der Waals surface area contributed by atoms with Gasteiger partial charge in [0.15, 0.2) is 0 Å². The van der Waals surface area contributed by atoms with E-state index in [1.165, 1.54) is 13.0 Å². The molecule has 0 saturated carbocycles. The Morgan fingerprint density at radius 1 is 0.800 bits per heavy atom. The van der Waals surface area contributed by atoms with Crippen molar-refractivity contribution < 1.29 is 19.4 Å². The van der Waals surface area contributed by atoms with Crippen LogP contribution in [-0.4, -0.2) is 0 Å². The molecule has 0 spiro atoms. The monoisotopic (exact) mass is 246 g/mol. The first-order valence-electron chi connectivity index (χ1n) is 4.14. The molecule has 15 heavy (non-hydrogen) atoms. The summed E-state index contributed by atoms with van der Waals surface area (Å²) in [7, 11) is -9.56. The van der Waals surface area contributed by atoms with Gasteiger partial charge in [-0.25, -0.2) is 0 Å². The van der Waals surface area contributed by atoms with Crippen LogP contribution < -0.4 is 0 Å². The second-order valence-electron chi connectivity index (χ2n) is 3.62. The lowest BCUT2D eigenvalue weighted by atomic mass is 10.1. The lowest BCUT2D eigenvalue weighted by Gasteiger charge is -2.42. The highest BCUT2D eigenvalue weighted by Gasteiger charge is 2.66. The van der Waals surface area contributed by atoms with Gasteiger partial charge in [-0.3, -0.25) is 0 Å². The number of benzene rings is 1. The molecule has 1 aromatic carbocycles. The zero-order valence-electron chi connectivity index (χ0n) is 8.45. The Hall–Kier alpha value is -0.780. The van der Waals surface area contributed by atoms with Crippen LogP contribution in [0.5, 0.6) is 0 Å².